The first kappa shape index (κ1) is 25.1. The average molecular weight is 467 g/mol. The molecule has 2 rings (SSSR count). The van der Waals surface area contributed by atoms with Gasteiger partial charge in [-0.15, -0.1) is 0 Å². The van der Waals surface area contributed by atoms with Gasteiger partial charge in [-0.25, -0.2) is 8.42 Å². The number of carbonyl (C=O) groups is 1. The van der Waals surface area contributed by atoms with Gasteiger partial charge in [0.15, 0.2) is 23.0 Å². The van der Waals surface area contributed by atoms with Crippen LogP contribution in [0.2, 0.25) is 0 Å². The number of rotatable bonds is 10. The van der Waals surface area contributed by atoms with Gasteiger partial charge in [-0.2, -0.15) is 0 Å². The van der Waals surface area contributed by atoms with E-state index in [1.165, 1.54) is 33.5 Å². The van der Waals surface area contributed by atoms with Crippen LogP contribution in [0.5, 0.6) is 23.0 Å². The van der Waals surface area contributed by atoms with Crippen LogP contribution in [0, 0.1) is 0 Å². The fraction of sp³-hybridized carbons (Fsp3) is 0.409. The third kappa shape index (κ3) is 5.37. The Kier molecular flexibility index (Phi) is 8.20. The summed E-state index contributed by atoms with van der Waals surface area (Å²) < 4.78 is 47.1. The van der Waals surface area contributed by atoms with Gasteiger partial charge in [0, 0.05) is 12.6 Å². The number of sulfonamides is 1. The number of anilines is 1. The van der Waals surface area contributed by atoms with Gasteiger partial charge >= 0.3 is 0 Å². The summed E-state index contributed by atoms with van der Waals surface area (Å²) in [6.07, 6.45) is 1.08. The minimum Gasteiger partial charge on any atom is -0.493 e. The predicted molar refractivity (Wildman–Crippen MR) is 123 cm³/mol. The maximum absolute atomic E-state index is 13.3. The first-order valence-corrected chi connectivity index (χ1v) is 11.7. The summed E-state index contributed by atoms with van der Waals surface area (Å²) in [7, 11) is 2.32. The molecule has 0 aliphatic rings. The van der Waals surface area contributed by atoms with Crippen molar-refractivity contribution in [3.63, 3.8) is 0 Å². The summed E-state index contributed by atoms with van der Waals surface area (Å²) in [4.78, 5) is 13.3. The van der Waals surface area contributed by atoms with Crippen LogP contribution in [0.4, 0.5) is 5.69 Å². The van der Waals surface area contributed by atoms with Gasteiger partial charge in [0.05, 0.1) is 52.0 Å². The smallest absolute Gasteiger partial charge is 0.254 e. The second-order valence-corrected chi connectivity index (χ2v) is 8.87. The van der Waals surface area contributed by atoms with Crippen molar-refractivity contribution in [2.24, 2.45) is 0 Å². The molecule has 0 aromatic heterocycles. The topological polar surface area (TPSA) is 103 Å². The lowest BCUT2D eigenvalue weighted by Crippen LogP contribution is -2.33. The molecule has 0 saturated heterocycles. The van der Waals surface area contributed by atoms with E-state index in [4.69, 9.17) is 18.9 Å². The van der Waals surface area contributed by atoms with E-state index in [9.17, 15) is 13.2 Å². The SMILES string of the molecule is CCN(c1cc(OC)c(OC)cc1C(=O)N[C@H](C)c1ccc(OC)c(OC)c1)S(C)(=O)=O. The minimum absolute atomic E-state index is 0.139. The van der Waals surface area contributed by atoms with Crippen LogP contribution in [0.25, 0.3) is 0 Å². The van der Waals surface area contributed by atoms with Crippen molar-refractivity contribution in [1.82, 2.24) is 5.32 Å². The highest BCUT2D eigenvalue weighted by molar-refractivity contribution is 7.92. The number of hydrogen-bond acceptors (Lipinski definition) is 7. The van der Waals surface area contributed by atoms with E-state index in [1.54, 1.807) is 26.2 Å². The molecule has 0 bridgehead atoms. The van der Waals surface area contributed by atoms with Gasteiger partial charge in [-0.05, 0) is 37.6 Å². The molecule has 0 heterocycles. The van der Waals surface area contributed by atoms with Crippen LogP contribution in [0.1, 0.15) is 35.8 Å². The summed E-state index contributed by atoms with van der Waals surface area (Å²) in [6.45, 7) is 3.64. The Morgan fingerprint density at radius 1 is 0.938 bits per heavy atom. The summed E-state index contributed by atoms with van der Waals surface area (Å²) in [5, 5.41) is 2.91. The molecule has 32 heavy (non-hydrogen) atoms. The first-order chi connectivity index (χ1) is 15.1. The highest BCUT2D eigenvalue weighted by Gasteiger charge is 2.26. The molecule has 1 N–H and O–H groups in total. The molecular weight excluding hydrogens is 436 g/mol. The Hall–Kier alpha value is -3.14. The molecule has 2 aromatic carbocycles. The molecule has 0 aliphatic carbocycles. The van der Waals surface area contributed by atoms with Crippen LogP contribution < -0.4 is 28.6 Å². The Balaban J connectivity index is 2.50. The molecule has 0 aliphatic heterocycles. The van der Waals surface area contributed by atoms with Gasteiger partial charge in [0.1, 0.15) is 0 Å². The molecule has 1 atom stereocenters. The quantitative estimate of drug-likeness (QED) is 0.574. The lowest BCUT2D eigenvalue weighted by Gasteiger charge is -2.25. The molecule has 2 aromatic rings. The van der Waals surface area contributed by atoms with E-state index in [1.807, 2.05) is 13.0 Å². The Morgan fingerprint density at radius 3 is 1.97 bits per heavy atom. The predicted octanol–water partition coefficient (Wildman–Crippen LogP) is 3.00. The van der Waals surface area contributed by atoms with E-state index in [0.717, 1.165) is 16.1 Å². The lowest BCUT2D eigenvalue weighted by molar-refractivity contribution is 0.0940. The molecule has 1 amide bonds. The van der Waals surface area contributed by atoms with Crippen LogP contribution in [-0.4, -0.2) is 55.6 Å². The molecule has 0 saturated carbocycles. The fourth-order valence-corrected chi connectivity index (χ4v) is 4.30. The van der Waals surface area contributed by atoms with Gasteiger partial charge in [-0.1, -0.05) is 6.07 Å². The zero-order chi connectivity index (χ0) is 24.1. The van der Waals surface area contributed by atoms with Gasteiger partial charge in [0.2, 0.25) is 10.0 Å². The van der Waals surface area contributed by atoms with E-state index in [2.05, 4.69) is 5.32 Å². The van der Waals surface area contributed by atoms with Gasteiger partial charge in [0.25, 0.3) is 5.91 Å². The zero-order valence-electron chi connectivity index (χ0n) is 19.4. The standard InChI is InChI=1S/C22H30N2O7S/c1-8-24(32(7,26)27)17-13-21(31-6)20(30-5)12-16(17)22(25)23-14(2)15-9-10-18(28-3)19(11-15)29-4/h9-14H,8H2,1-7H3,(H,23,25)/t14-/m1/s1. The maximum atomic E-state index is 13.3. The van der Waals surface area contributed by atoms with Crippen LogP contribution in [0.3, 0.4) is 0 Å². The zero-order valence-corrected chi connectivity index (χ0v) is 20.2. The van der Waals surface area contributed by atoms with Crippen molar-refractivity contribution in [2.75, 3.05) is 45.5 Å². The third-order valence-corrected chi connectivity index (χ3v) is 6.21. The number of nitrogens with zero attached hydrogens (tertiary/aromatic N) is 1. The van der Waals surface area contributed by atoms with Gasteiger partial charge in [-0.3, -0.25) is 9.10 Å². The molecule has 176 valence electrons. The highest BCUT2D eigenvalue weighted by Crippen LogP contribution is 2.36. The van der Waals surface area contributed by atoms with E-state index in [-0.39, 0.29) is 17.8 Å². The van der Waals surface area contributed by atoms with Crippen molar-refractivity contribution in [2.45, 2.75) is 19.9 Å². The first-order valence-electron chi connectivity index (χ1n) is 9.87. The van der Waals surface area contributed by atoms with Crippen LogP contribution in [0.15, 0.2) is 30.3 Å². The number of nitrogens with one attached hydrogen (secondary N) is 1. The number of benzene rings is 2. The minimum atomic E-state index is -3.64. The molecule has 0 fully saturated rings. The van der Waals surface area contributed by atoms with Crippen molar-refractivity contribution >= 4 is 21.6 Å². The highest BCUT2D eigenvalue weighted by atomic mass is 32.2. The summed E-state index contributed by atoms with van der Waals surface area (Å²) in [6, 6.07) is 7.89. The Morgan fingerprint density at radius 2 is 1.47 bits per heavy atom. The van der Waals surface area contributed by atoms with E-state index < -0.39 is 22.0 Å². The number of methoxy groups -OCH3 is 4. The summed E-state index contributed by atoms with van der Waals surface area (Å²) >= 11 is 0. The van der Waals surface area contributed by atoms with Crippen molar-refractivity contribution in [3.05, 3.63) is 41.5 Å². The monoisotopic (exact) mass is 466 g/mol. The fourth-order valence-electron chi connectivity index (χ4n) is 3.32. The second kappa shape index (κ2) is 10.4. The van der Waals surface area contributed by atoms with Gasteiger partial charge < -0.3 is 24.3 Å². The third-order valence-electron chi connectivity index (χ3n) is 4.96. The van der Waals surface area contributed by atoms with E-state index in [0.29, 0.717) is 23.0 Å². The number of carbonyl (C=O) groups excluding carboxylic acids is 1. The number of ether oxygens (including phenoxy) is 4. The molecular formula is C22H30N2O7S. The normalized spacial score (nSPS) is 12.0. The summed E-state index contributed by atoms with van der Waals surface area (Å²) in [5.41, 5.74) is 1.13. The Labute approximate surface area is 189 Å². The van der Waals surface area contributed by atoms with Crippen LogP contribution in [-0.2, 0) is 10.0 Å². The maximum Gasteiger partial charge on any atom is 0.254 e. The molecule has 9 nitrogen and oxygen atoms in total. The van der Waals surface area contributed by atoms with Crippen molar-refractivity contribution < 1.29 is 32.2 Å². The molecule has 0 radical (unpaired) electrons. The molecule has 0 unspecified atom stereocenters. The molecule has 0 spiro atoms. The van der Waals surface area contributed by atoms with Crippen molar-refractivity contribution in [3.8, 4) is 23.0 Å². The average Bonchev–Trinajstić information content (AvgIpc) is 2.77. The largest absolute Gasteiger partial charge is 0.493 e. The van der Waals surface area contributed by atoms with E-state index >= 15 is 0 Å². The lowest BCUT2D eigenvalue weighted by atomic mass is 10.1. The summed E-state index contributed by atoms with van der Waals surface area (Å²) in [5.74, 6) is 1.26. The second-order valence-electron chi connectivity index (χ2n) is 6.96. The number of amides is 1. The number of hydrogen-bond donors (Lipinski definition) is 1. The van der Waals surface area contributed by atoms with Crippen molar-refractivity contribution in [1.29, 1.82) is 0 Å². The Bertz CT molecular complexity index is 1070. The van der Waals surface area contributed by atoms with Crippen LogP contribution >= 0.6 is 0 Å². The molecule has 10 heteroatoms.